The Bertz CT molecular complexity index is 199. The molecule has 0 aromatic carbocycles. The molecule has 0 heteroatoms. The zero-order valence-electron chi connectivity index (χ0n) is 14.9. The first kappa shape index (κ1) is 22.6. The van der Waals surface area contributed by atoms with Gasteiger partial charge in [-0.2, -0.15) is 0 Å². The lowest BCUT2D eigenvalue weighted by molar-refractivity contribution is 0.566. The molecule has 0 heterocycles. The van der Waals surface area contributed by atoms with Crippen molar-refractivity contribution >= 4 is 0 Å². The minimum atomic E-state index is 1.30. The van der Waals surface area contributed by atoms with Crippen molar-refractivity contribution < 1.29 is 0 Å². The van der Waals surface area contributed by atoms with Gasteiger partial charge in [0.15, 0.2) is 0 Å². The van der Waals surface area contributed by atoms with Crippen molar-refractivity contribution in [2.45, 2.75) is 110 Å². The fourth-order valence-electron chi connectivity index (χ4n) is 2.50. The summed E-state index contributed by atoms with van der Waals surface area (Å²) in [5.41, 5.74) is 0. The van der Waals surface area contributed by atoms with E-state index in [0.717, 1.165) is 0 Å². The molecule has 0 N–H and O–H groups in total. The summed E-state index contributed by atoms with van der Waals surface area (Å²) in [7, 11) is 0. The van der Waals surface area contributed by atoms with Crippen molar-refractivity contribution in [3.8, 4) is 12.8 Å². The second-order valence-corrected chi connectivity index (χ2v) is 5.94. The van der Waals surface area contributed by atoms with Gasteiger partial charge in [0.25, 0.3) is 0 Å². The van der Waals surface area contributed by atoms with Crippen LogP contribution in [0.4, 0.5) is 0 Å². The smallest absolute Gasteiger partial charge is 0.0351 e. The minimum absolute atomic E-state index is 1.30. The molecule has 0 unspecified atom stereocenters. The SMILES string of the molecule is C#C.CCCCCC/C=C\CCCCCCCCCCC. The third-order valence-electron chi connectivity index (χ3n) is 3.87. The molecule has 0 radical (unpaired) electrons. The number of hydrogen-bond acceptors (Lipinski definition) is 0. The van der Waals surface area contributed by atoms with E-state index in [2.05, 4.69) is 38.8 Å². The molecule has 124 valence electrons. The Morgan fingerprint density at radius 2 is 0.762 bits per heavy atom. The first-order chi connectivity index (χ1) is 10.4. The van der Waals surface area contributed by atoms with Crippen molar-refractivity contribution in [2.24, 2.45) is 0 Å². The Morgan fingerprint density at radius 3 is 1.14 bits per heavy atom. The highest BCUT2D eigenvalue weighted by molar-refractivity contribution is 4.81. The summed E-state index contributed by atoms with van der Waals surface area (Å²) in [6.45, 7) is 4.57. The van der Waals surface area contributed by atoms with Crippen LogP contribution in [0.15, 0.2) is 12.2 Å². The van der Waals surface area contributed by atoms with Gasteiger partial charge in [-0.25, -0.2) is 0 Å². The summed E-state index contributed by atoms with van der Waals surface area (Å²) < 4.78 is 0. The molecule has 21 heavy (non-hydrogen) atoms. The van der Waals surface area contributed by atoms with E-state index in [1.165, 1.54) is 96.3 Å². The Labute approximate surface area is 135 Å². The highest BCUT2D eigenvalue weighted by Gasteiger charge is 1.91. The molecule has 0 saturated carbocycles. The van der Waals surface area contributed by atoms with Gasteiger partial charge in [-0.1, -0.05) is 96.6 Å². The third-order valence-corrected chi connectivity index (χ3v) is 3.87. The molecule has 0 aromatic rings. The van der Waals surface area contributed by atoms with Gasteiger partial charge in [0.2, 0.25) is 0 Å². The zero-order chi connectivity index (χ0) is 16.0. The van der Waals surface area contributed by atoms with Gasteiger partial charge in [-0.3, -0.25) is 0 Å². The van der Waals surface area contributed by atoms with E-state index in [-0.39, 0.29) is 0 Å². The monoisotopic (exact) mass is 292 g/mol. The van der Waals surface area contributed by atoms with Crippen molar-refractivity contribution in [2.75, 3.05) is 0 Å². The molecule has 0 aliphatic heterocycles. The van der Waals surface area contributed by atoms with Gasteiger partial charge in [0.05, 0.1) is 0 Å². The number of terminal acetylenes is 1. The number of unbranched alkanes of at least 4 members (excludes halogenated alkanes) is 13. The van der Waals surface area contributed by atoms with Crippen LogP contribution in [0, 0.1) is 12.8 Å². The highest BCUT2D eigenvalue weighted by Crippen LogP contribution is 2.11. The fraction of sp³-hybridized carbons (Fsp3) is 0.810. The van der Waals surface area contributed by atoms with Crippen molar-refractivity contribution in [1.82, 2.24) is 0 Å². The summed E-state index contributed by atoms with van der Waals surface area (Å²) >= 11 is 0. The first-order valence-corrected chi connectivity index (χ1v) is 9.40. The second-order valence-electron chi connectivity index (χ2n) is 5.94. The lowest BCUT2D eigenvalue weighted by atomic mass is 10.1. The summed E-state index contributed by atoms with van der Waals surface area (Å²) in [6, 6.07) is 0. The average Bonchev–Trinajstić information content (AvgIpc) is 2.53. The van der Waals surface area contributed by atoms with Crippen LogP contribution in [0.1, 0.15) is 110 Å². The summed E-state index contributed by atoms with van der Waals surface area (Å²) in [5.74, 6) is 0. The van der Waals surface area contributed by atoms with E-state index in [1.807, 2.05) is 0 Å². The minimum Gasteiger partial charge on any atom is -0.124 e. The molecular weight excluding hydrogens is 252 g/mol. The van der Waals surface area contributed by atoms with E-state index in [0.29, 0.717) is 0 Å². The molecule has 0 spiro atoms. The van der Waals surface area contributed by atoms with Crippen LogP contribution in [0.2, 0.25) is 0 Å². The van der Waals surface area contributed by atoms with Crippen LogP contribution in [-0.2, 0) is 0 Å². The average molecular weight is 293 g/mol. The molecule has 0 bridgehead atoms. The standard InChI is InChI=1S/C19H38.C2H2/c1-3-5-7-9-11-13-15-17-19-18-16-14-12-10-8-6-4-2;1-2/h13,15H,3-12,14,16-19H2,1-2H3;1-2H/b15-13-;. The Morgan fingerprint density at radius 1 is 0.476 bits per heavy atom. The largest absolute Gasteiger partial charge is 0.124 e. The van der Waals surface area contributed by atoms with E-state index < -0.39 is 0 Å². The van der Waals surface area contributed by atoms with E-state index in [9.17, 15) is 0 Å². The number of allylic oxidation sites excluding steroid dienone is 2. The quantitative estimate of drug-likeness (QED) is 0.165. The molecular formula is C21H40. The maximum Gasteiger partial charge on any atom is -0.0351 e. The van der Waals surface area contributed by atoms with Gasteiger partial charge >= 0.3 is 0 Å². The molecule has 0 atom stereocenters. The first-order valence-electron chi connectivity index (χ1n) is 9.40. The van der Waals surface area contributed by atoms with Crippen molar-refractivity contribution in [3.63, 3.8) is 0 Å². The van der Waals surface area contributed by atoms with Crippen molar-refractivity contribution in [3.05, 3.63) is 12.2 Å². The van der Waals surface area contributed by atoms with Gasteiger partial charge < -0.3 is 0 Å². The van der Waals surface area contributed by atoms with Crippen LogP contribution >= 0.6 is 0 Å². The van der Waals surface area contributed by atoms with Crippen molar-refractivity contribution in [1.29, 1.82) is 0 Å². The van der Waals surface area contributed by atoms with Crippen LogP contribution in [0.25, 0.3) is 0 Å². The molecule has 0 fully saturated rings. The maximum atomic E-state index is 4.00. The van der Waals surface area contributed by atoms with Gasteiger partial charge in [0, 0.05) is 0 Å². The Hall–Kier alpha value is -0.700. The lowest BCUT2D eigenvalue weighted by Crippen LogP contribution is -1.80. The third kappa shape index (κ3) is 24.7. The molecule has 0 nitrogen and oxygen atoms in total. The van der Waals surface area contributed by atoms with Crippen LogP contribution in [-0.4, -0.2) is 0 Å². The predicted molar refractivity (Wildman–Crippen MR) is 99.6 cm³/mol. The van der Waals surface area contributed by atoms with Gasteiger partial charge in [0.1, 0.15) is 0 Å². The zero-order valence-corrected chi connectivity index (χ0v) is 14.9. The number of hydrogen-bond donors (Lipinski definition) is 0. The second kappa shape index (κ2) is 24.3. The van der Waals surface area contributed by atoms with Crippen LogP contribution in [0.5, 0.6) is 0 Å². The number of rotatable bonds is 15. The normalized spacial score (nSPS) is 10.5. The van der Waals surface area contributed by atoms with E-state index in [4.69, 9.17) is 0 Å². The molecule has 0 rings (SSSR count). The van der Waals surface area contributed by atoms with Crippen LogP contribution < -0.4 is 0 Å². The molecule has 0 saturated heterocycles. The van der Waals surface area contributed by atoms with E-state index >= 15 is 0 Å². The summed E-state index contributed by atoms with van der Waals surface area (Å²) in [6.07, 6.45) is 33.9. The van der Waals surface area contributed by atoms with Gasteiger partial charge in [-0.15, -0.1) is 12.8 Å². The summed E-state index contributed by atoms with van der Waals surface area (Å²) in [4.78, 5) is 0. The Balaban J connectivity index is 0. The maximum absolute atomic E-state index is 4.00. The van der Waals surface area contributed by atoms with E-state index in [1.54, 1.807) is 0 Å². The fourth-order valence-corrected chi connectivity index (χ4v) is 2.50. The van der Waals surface area contributed by atoms with Gasteiger partial charge in [-0.05, 0) is 25.7 Å². The molecule has 0 aromatic heterocycles. The summed E-state index contributed by atoms with van der Waals surface area (Å²) in [5, 5.41) is 0. The lowest BCUT2D eigenvalue weighted by Gasteiger charge is -2.00. The Kier molecular flexibility index (Phi) is 26.2. The highest BCUT2D eigenvalue weighted by atomic mass is 14.0. The molecule has 0 aliphatic carbocycles. The molecule has 0 aliphatic rings. The topological polar surface area (TPSA) is 0 Å². The predicted octanol–water partition coefficient (Wildman–Crippen LogP) is 7.68. The molecule has 0 amide bonds. The van der Waals surface area contributed by atoms with Crippen LogP contribution in [0.3, 0.4) is 0 Å².